The van der Waals surface area contributed by atoms with E-state index in [1.807, 2.05) is 6.92 Å². The first-order valence-corrected chi connectivity index (χ1v) is 7.60. The number of alkyl carbamates (subject to hydrolysis) is 2. The number of carbonyl (C=O) groups is 2. The van der Waals surface area contributed by atoms with Crippen molar-refractivity contribution in [2.24, 2.45) is 0 Å². The van der Waals surface area contributed by atoms with E-state index in [-0.39, 0.29) is 18.1 Å². The fraction of sp³-hybridized carbons (Fsp3) is 0.867. The maximum Gasteiger partial charge on any atom is 0.407 e. The molecule has 0 aromatic rings. The first-order chi connectivity index (χ1) is 9.87. The summed E-state index contributed by atoms with van der Waals surface area (Å²) in [5, 5.41) is 8.82. The van der Waals surface area contributed by atoms with Gasteiger partial charge in [0.1, 0.15) is 11.2 Å². The highest BCUT2D eigenvalue weighted by Crippen LogP contribution is 2.13. The maximum atomic E-state index is 11.9. The lowest BCUT2D eigenvalue weighted by Gasteiger charge is -2.27. The molecule has 0 bridgehead atoms. The van der Waals surface area contributed by atoms with Gasteiger partial charge in [0.05, 0.1) is 12.1 Å². The molecule has 1 rings (SSSR count). The molecule has 3 N–H and O–H groups in total. The molecule has 0 spiro atoms. The summed E-state index contributed by atoms with van der Waals surface area (Å²) in [6.07, 6.45) is -0.992. The molecule has 7 heteroatoms. The Labute approximate surface area is 132 Å². The number of amides is 2. The fourth-order valence-electron chi connectivity index (χ4n) is 2.18. The van der Waals surface area contributed by atoms with Crippen molar-refractivity contribution in [3.63, 3.8) is 0 Å². The molecule has 0 aromatic carbocycles. The van der Waals surface area contributed by atoms with E-state index in [1.54, 1.807) is 41.5 Å². The molecular weight excluding hydrogens is 286 g/mol. The van der Waals surface area contributed by atoms with Gasteiger partial charge in [-0.15, -0.1) is 0 Å². The molecule has 0 saturated carbocycles. The zero-order chi connectivity index (χ0) is 17.1. The lowest BCUT2D eigenvalue weighted by atomic mass is 10.1. The zero-order valence-electron chi connectivity index (χ0n) is 14.6. The van der Waals surface area contributed by atoms with Crippen molar-refractivity contribution in [3.05, 3.63) is 0 Å². The smallest absolute Gasteiger partial charge is 0.407 e. The van der Waals surface area contributed by atoms with Gasteiger partial charge in [-0.1, -0.05) is 0 Å². The van der Waals surface area contributed by atoms with Crippen molar-refractivity contribution in [2.45, 2.75) is 77.8 Å². The van der Waals surface area contributed by atoms with Crippen LogP contribution in [0.4, 0.5) is 9.59 Å². The molecule has 0 aliphatic carbocycles. The minimum Gasteiger partial charge on any atom is -0.444 e. The van der Waals surface area contributed by atoms with Gasteiger partial charge < -0.3 is 25.4 Å². The Morgan fingerprint density at radius 1 is 0.955 bits per heavy atom. The fourth-order valence-corrected chi connectivity index (χ4v) is 2.18. The van der Waals surface area contributed by atoms with E-state index in [2.05, 4.69) is 16.0 Å². The van der Waals surface area contributed by atoms with Crippen molar-refractivity contribution < 1.29 is 19.1 Å². The van der Waals surface area contributed by atoms with Gasteiger partial charge in [-0.25, -0.2) is 9.59 Å². The van der Waals surface area contributed by atoms with Crippen LogP contribution >= 0.6 is 0 Å². The highest BCUT2D eigenvalue weighted by atomic mass is 16.6. The van der Waals surface area contributed by atoms with E-state index in [9.17, 15) is 9.59 Å². The average molecular weight is 315 g/mol. The number of ether oxygens (including phenoxy) is 2. The minimum absolute atomic E-state index is 0.0208. The second kappa shape index (κ2) is 6.73. The second-order valence-electron chi connectivity index (χ2n) is 7.62. The van der Waals surface area contributed by atoms with Crippen molar-refractivity contribution in [1.29, 1.82) is 0 Å². The highest BCUT2D eigenvalue weighted by molar-refractivity contribution is 5.70. The van der Waals surface area contributed by atoms with Crippen LogP contribution in [-0.2, 0) is 9.47 Å². The minimum atomic E-state index is -0.562. The van der Waals surface area contributed by atoms with Crippen LogP contribution in [0.5, 0.6) is 0 Å². The van der Waals surface area contributed by atoms with E-state index >= 15 is 0 Å². The van der Waals surface area contributed by atoms with Crippen LogP contribution in [0.2, 0.25) is 0 Å². The Bertz CT molecular complexity index is 412. The van der Waals surface area contributed by atoms with Gasteiger partial charge in [-0.2, -0.15) is 0 Å². The van der Waals surface area contributed by atoms with Gasteiger partial charge in [0.25, 0.3) is 0 Å². The monoisotopic (exact) mass is 315 g/mol. The van der Waals surface area contributed by atoms with Crippen LogP contribution in [0.3, 0.4) is 0 Å². The summed E-state index contributed by atoms with van der Waals surface area (Å²) in [4.78, 5) is 23.8. The standard InChI is InChI=1S/C15H29N3O4/c1-9-11(18-13(20)22-15(5,6)7)10(8-16-9)17-12(19)21-14(2,3)4/h9-11,16H,8H2,1-7H3,(H,17,19)(H,18,20)/t9?,10?,11-/m0/s1. The summed E-state index contributed by atoms with van der Waals surface area (Å²) in [6, 6.07) is -0.493. The number of hydrogen-bond acceptors (Lipinski definition) is 5. The third-order valence-corrected chi connectivity index (χ3v) is 3.02. The lowest BCUT2D eigenvalue weighted by molar-refractivity contribution is 0.0441. The van der Waals surface area contributed by atoms with Crippen LogP contribution in [0.1, 0.15) is 48.5 Å². The van der Waals surface area contributed by atoms with Crippen molar-refractivity contribution in [1.82, 2.24) is 16.0 Å². The van der Waals surface area contributed by atoms with Gasteiger partial charge in [0.15, 0.2) is 0 Å². The third kappa shape index (κ3) is 6.51. The van der Waals surface area contributed by atoms with Crippen molar-refractivity contribution in [3.8, 4) is 0 Å². The first kappa shape index (κ1) is 18.5. The maximum absolute atomic E-state index is 11.9. The topological polar surface area (TPSA) is 88.7 Å². The molecule has 2 amide bonds. The van der Waals surface area contributed by atoms with Gasteiger partial charge in [0.2, 0.25) is 0 Å². The van der Waals surface area contributed by atoms with Crippen LogP contribution in [0, 0.1) is 0 Å². The Morgan fingerprint density at radius 3 is 1.86 bits per heavy atom. The Balaban J connectivity index is 2.60. The Kier molecular flexibility index (Phi) is 5.67. The molecule has 1 heterocycles. The summed E-state index contributed by atoms with van der Waals surface area (Å²) in [6.45, 7) is 13.3. The van der Waals surface area contributed by atoms with Gasteiger partial charge >= 0.3 is 12.2 Å². The molecule has 1 aliphatic heterocycles. The number of nitrogens with one attached hydrogen (secondary N) is 3. The predicted octanol–water partition coefficient (Wildman–Crippen LogP) is 1.76. The number of hydrogen-bond donors (Lipinski definition) is 3. The Morgan fingerprint density at radius 2 is 1.41 bits per heavy atom. The molecule has 7 nitrogen and oxygen atoms in total. The number of rotatable bonds is 2. The van der Waals surface area contributed by atoms with E-state index in [0.29, 0.717) is 6.54 Å². The largest absolute Gasteiger partial charge is 0.444 e. The van der Waals surface area contributed by atoms with Crippen LogP contribution in [0.15, 0.2) is 0 Å². The molecule has 1 saturated heterocycles. The third-order valence-electron chi connectivity index (χ3n) is 3.02. The average Bonchev–Trinajstić information content (AvgIpc) is 2.56. The van der Waals surface area contributed by atoms with Crippen molar-refractivity contribution in [2.75, 3.05) is 6.54 Å². The van der Waals surface area contributed by atoms with Gasteiger partial charge in [-0.3, -0.25) is 0 Å². The summed E-state index contributed by atoms with van der Waals surface area (Å²) in [5.74, 6) is 0. The van der Waals surface area contributed by atoms with E-state index in [1.165, 1.54) is 0 Å². The molecule has 3 atom stereocenters. The molecule has 1 fully saturated rings. The van der Waals surface area contributed by atoms with Crippen LogP contribution in [0.25, 0.3) is 0 Å². The molecule has 1 aliphatic rings. The highest BCUT2D eigenvalue weighted by Gasteiger charge is 2.37. The molecule has 0 radical (unpaired) electrons. The summed E-state index contributed by atoms with van der Waals surface area (Å²) < 4.78 is 10.5. The summed E-state index contributed by atoms with van der Waals surface area (Å²) in [5.41, 5.74) is -1.12. The lowest BCUT2D eigenvalue weighted by Crippen LogP contribution is -2.54. The van der Waals surface area contributed by atoms with Gasteiger partial charge in [-0.05, 0) is 48.5 Å². The zero-order valence-corrected chi connectivity index (χ0v) is 14.6. The molecular formula is C15H29N3O4. The predicted molar refractivity (Wildman–Crippen MR) is 83.8 cm³/mol. The van der Waals surface area contributed by atoms with Crippen molar-refractivity contribution >= 4 is 12.2 Å². The Hall–Kier alpha value is -1.50. The van der Waals surface area contributed by atoms with E-state index in [4.69, 9.17) is 9.47 Å². The normalized spacial score (nSPS) is 25.5. The van der Waals surface area contributed by atoms with E-state index < -0.39 is 23.4 Å². The van der Waals surface area contributed by atoms with Crippen LogP contribution < -0.4 is 16.0 Å². The molecule has 128 valence electrons. The molecule has 2 unspecified atom stereocenters. The van der Waals surface area contributed by atoms with Gasteiger partial charge in [0, 0.05) is 12.6 Å². The molecule has 0 aromatic heterocycles. The second-order valence-corrected chi connectivity index (χ2v) is 7.62. The van der Waals surface area contributed by atoms with E-state index in [0.717, 1.165) is 0 Å². The van der Waals surface area contributed by atoms with Crippen LogP contribution in [-0.4, -0.2) is 48.1 Å². The quantitative estimate of drug-likeness (QED) is 0.722. The molecule has 22 heavy (non-hydrogen) atoms. The SMILES string of the molecule is CC1NCC(NC(=O)OC(C)(C)C)[C@H]1NC(=O)OC(C)(C)C. The summed E-state index contributed by atoms with van der Waals surface area (Å²) >= 11 is 0. The summed E-state index contributed by atoms with van der Waals surface area (Å²) in [7, 11) is 0. The number of carbonyl (C=O) groups excluding carboxylic acids is 2. The first-order valence-electron chi connectivity index (χ1n) is 7.60.